The Kier molecular flexibility index (Phi) is 6.17. The Balaban J connectivity index is 1.32. The second-order valence-electron chi connectivity index (χ2n) is 11.9. The fourth-order valence-electron chi connectivity index (χ4n) is 6.76. The third-order valence-corrected chi connectivity index (χ3v) is 9.12. The first kappa shape index (κ1) is 26.3. The summed E-state index contributed by atoms with van der Waals surface area (Å²) in [5.74, 6) is 0. The Morgan fingerprint density at radius 2 is 0.913 bits per heavy atom. The van der Waals surface area contributed by atoms with Gasteiger partial charge < -0.3 is 0 Å². The van der Waals surface area contributed by atoms with Gasteiger partial charge in [-0.05, 0) is 90.6 Å². The van der Waals surface area contributed by atoms with Gasteiger partial charge in [0, 0.05) is 28.7 Å². The van der Waals surface area contributed by atoms with Gasteiger partial charge in [0.05, 0.1) is 11.2 Å². The molecule has 2 nitrogen and oxygen atoms in total. The average Bonchev–Trinajstić information content (AvgIpc) is 3.14. The van der Waals surface area contributed by atoms with Crippen LogP contribution in [0.15, 0.2) is 170 Å². The van der Waals surface area contributed by atoms with E-state index >= 15 is 0 Å². The summed E-state index contributed by atoms with van der Waals surface area (Å²) in [6.07, 6.45) is 3.71. The molecule has 9 aromatic rings. The molecule has 2 heteroatoms. The molecule has 0 aliphatic carbocycles. The number of pyridine rings is 2. The smallest absolute Gasteiger partial charge is 0.0794 e. The summed E-state index contributed by atoms with van der Waals surface area (Å²) < 4.78 is 0. The van der Waals surface area contributed by atoms with Crippen LogP contribution in [0, 0.1) is 0 Å². The van der Waals surface area contributed by atoms with Crippen molar-refractivity contribution in [3.05, 3.63) is 170 Å². The molecule has 0 radical (unpaired) electrons. The van der Waals surface area contributed by atoms with Crippen LogP contribution < -0.4 is 0 Å². The van der Waals surface area contributed by atoms with E-state index in [4.69, 9.17) is 4.98 Å². The van der Waals surface area contributed by atoms with Crippen LogP contribution >= 0.6 is 0 Å². The molecular weight excluding hydrogens is 556 g/mol. The first-order chi connectivity index (χ1) is 22.8. The summed E-state index contributed by atoms with van der Waals surface area (Å²) in [6, 6.07) is 56.8. The molecule has 0 bridgehead atoms. The van der Waals surface area contributed by atoms with Gasteiger partial charge in [0.15, 0.2) is 0 Å². The van der Waals surface area contributed by atoms with Crippen LogP contribution in [-0.4, -0.2) is 9.97 Å². The molecule has 214 valence electrons. The van der Waals surface area contributed by atoms with Crippen LogP contribution in [0.1, 0.15) is 0 Å². The Bertz CT molecular complexity index is 2570. The molecule has 0 aliphatic rings. The van der Waals surface area contributed by atoms with Gasteiger partial charge in [-0.1, -0.05) is 127 Å². The molecule has 0 aliphatic heterocycles. The zero-order valence-electron chi connectivity index (χ0n) is 25.1. The van der Waals surface area contributed by atoms with Crippen molar-refractivity contribution in [1.29, 1.82) is 0 Å². The standard InChI is InChI=1S/C44H28N2/c1-3-10-33-24-35(21-17-29(33)8-1)40-26-42-41(36-22-18-30-9-2-4-11-34(30)25-36)27-43(46-44(42)39-14-6-5-13-38(39)40)32-19-15-31(16-20-32)37-12-7-23-45-28-37/h1-28H. The molecule has 0 saturated carbocycles. The molecule has 0 N–H and O–H groups in total. The van der Waals surface area contributed by atoms with Gasteiger partial charge in [-0.15, -0.1) is 0 Å². The van der Waals surface area contributed by atoms with Crippen molar-refractivity contribution in [1.82, 2.24) is 9.97 Å². The molecule has 2 heterocycles. The largest absolute Gasteiger partial charge is 0.264 e. The Morgan fingerprint density at radius 1 is 0.348 bits per heavy atom. The van der Waals surface area contributed by atoms with Gasteiger partial charge >= 0.3 is 0 Å². The lowest BCUT2D eigenvalue weighted by atomic mass is 9.90. The SMILES string of the molecule is c1cncc(-c2ccc(-c3cc(-c4ccc5ccccc5c4)c4cc(-c5ccc6ccccc6c5)c5ccccc5c4n3)cc2)c1. The zero-order valence-corrected chi connectivity index (χ0v) is 25.1. The fraction of sp³-hybridized carbons (Fsp3) is 0. The Hall–Kier alpha value is -6.12. The number of nitrogens with zero attached hydrogens (tertiary/aromatic N) is 2. The van der Waals surface area contributed by atoms with E-state index in [1.54, 1.807) is 6.20 Å². The lowest BCUT2D eigenvalue weighted by Gasteiger charge is -2.16. The van der Waals surface area contributed by atoms with Crippen LogP contribution in [-0.2, 0) is 0 Å². The molecule has 0 fully saturated rings. The minimum atomic E-state index is 0.956. The second-order valence-corrected chi connectivity index (χ2v) is 11.9. The average molecular weight is 585 g/mol. The summed E-state index contributed by atoms with van der Waals surface area (Å²) >= 11 is 0. The van der Waals surface area contributed by atoms with Crippen molar-refractivity contribution >= 4 is 43.2 Å². The minimum Gasteiger partial charge on any atom is -0.264 e. The number of benzene rings is 7. The summed E-state index contributed by atoms with van der Waals surface area (Å²) in [5, 5.41) is 8.44. The van der Waals surface area contributed by atoms with Crippen molar-refractivity contribution in [2.75, 3.05) is 0 Å². The highest BCUT2D eigenvalue weighted by atomic mass is 14.7. The molecule has 0 amide bonds. The minimum absolute atomic E-state index is 0.956. The van der Waals surface area contributed by atoms with Crippen LogP contribution in [0.5, 0.6) is 0 Å². The van der Waals surface area contributed by atoms with E-state index < -0.39 is 0 Å². The molecule has 2 aromatic heterocycles. The van der Waals surface area contributed by atoms with Gasteiger partial charge in [-0.2, -0.15) is 0 Å². The lowest BCUT2D eigenvalue weighted by Crippen LogP contribution is -1.93. The maximum atomic E-state index is 5.40. The summed E-state index contributed by atoms with van der Waals surface area (Å²) in [7, 11) is 0. The number of fused-ring (bicyclic) bond motifs is 5. The summed E-state index contributed by atoms with van der Waals surface area (Å²) in [5.41, 5.74) is 10.1. The highest BCUT2D eigenvalue weighted by Crippen LogP contribution is 2.41. The van der Waals surface area contributed by atoms with Gasteiger partial charge in [-0.3, -0.25) is 4.98 Å². The van der Waals surface area contributed by atoms with Crippen LogP contribution in [0.25, 0.3) is 87.9 Å². The summed E-state index contributed by atoms with van der Waals surface area (Å²) in [4.78, 5) is 9.70. The molecule has 0 unspecified atom stereocenters. The number of rotatable bonds is 4. The molecule has 46 heavy (non-hydrogen) atoms. The quantitative estimate of drug-likeness (QED) is 0.192. The Morgan fingerprint density at radius 3 is 1.57 bits per heavy atom. The van der Waals surface area contributed by atoms with Gasteiger partial charge in [0.2, 0.25) is 0 Å². The van der Waals surface area contributed by atoms with E-state index in [0.717, 1.165) is 38.7 Å². The molecular formula is C44H28N2. The van der Waals surface area contributed by atoms with Crippen molar-refractivity contribution < 1.29 is 0 Å². The van der Waals surface area contributed by atoms with E-state index in [9.17, 15) is 0 Å². The predicted molar refractivity (Wildman–Crippen MR) is 194 cm³/mol. The third-order valence-electron chi connectivity index (χ3n) is 9.12. The predicted octanol–water partition coefficient (Wildman–Crippen LogP) is 11.8. The highest BCUT2D eigenvalue weighted by molar-refractivity contribution is 6.16. The van der Waals surface area contributed by atoms with Crippen molar-refractivity contribution in [3.63, 3.8) is 0 Å². The maximum absolute atomic E-state index is 5.40. The summed E-state index contributed by atoms with van der Waals surface area (Å²) in [6.45, 7) is 0. The lowest BCUT2D eigenvalue weighted by molar-refractivity contribution is 1.33. The first-order valence-corrected chi connectivity index (χ1v) is 15.6. The van der Waals surface area contributed by atoms with E-state index in [2.05, 4.69) is 157 Å². The van der Waals surface area contributed by atoms with E-state index in [0.29, 0.717) is 0 Å². The molecule has 0 spiro atoms. The molecule has 7 aromatic carbocycles. The van der Waals surface area contributed by atoms with Crippen LogP contribution in [0.2, 0.25) is 0 Å². The maximum Gasteiger partial charge on any atom is 0.0794 e. The van der Waals surface area contributed by atoms with E-state index in [1.165, 1.54) is 49.2 Å². The van der Waals surface area contributed by atoms with E-state index in [1.807, 2.05) is 12.3 Å². The van der Waals surface area contributed by atoms with Gasteiger partial charge in [0.25, 0.3) is 0 Å². The van der Waals surface area contributed by atoms with Crippen LogP contribution in [0.3, 0.4) is 0 Å². The number of aromatic nitrogens is 2. The van der Waals surface area contributed by atoms with E-state index in [-0.39, 0.29) is 0 Å². The molecule has 0 saturated heterocycles. The highest BCUT2D eigenvalue weighted by Gasteiger charge is 2.16. The van der Waals surface area contributed by atoms with Crippen molar-refractivity contribution in [3.8, 4) is 44.6 Å². The number of hydrogen-bond acceptors (Lipinski definition) is 2. The topological polar surface area (TPSA) is 25.8 Å². The Labute approximate surface area is 267 Å². The van der Waals surface area contributed by atoms with Crippen LogP contribution in [0.4, 0.5) is 0 Å². The van der Waals surface area contributed by atoms with Gasteiger partial charge in [0.1, 0.15) is 0 Å². The normalized spacial score (nSPS) is 11.5. The van der Waals surface area contributed by atoms with Crippen molar-refractivity contribution in [2.45, 2.75) is 0 Å². The van der Waals surface area contributed by atoms with Gasteiger partial charge in [-0.25, -0.2) is 4.98 Å². The van der Waals surface area contributed by atoms with Crippen molar-refractivity contribution in [2.24, 2.45) is 0 Å². The zero-order chi connectivity index (χ0) is 30.5. The first-order valence-electron chi connectivity index (χ1n) is 15.6. The third kappa shape index (κ3) is 4.51. The second kappa shape index (κ2) is 10.8. The molecule has 0 atom stereocenters. The molecule has 9 rings (SSSR count). The fourth-order valence-corrected chi connectivity index (χ4v) is 6.76. The number of hydrogen-bond donors (Lipinski definition) is 0. The monoisotopic (exact) mass is 584 g/mol.